The molecular formula is C30H39F21NdO6+6. The van der Waals surface area contributed by atoms with Crippen LogP contribution in [-0.4, -0.2) is 118 Å². The summed E-state index contributed by atoms with van der Waals surface area (Å²) in [6.45, 7) is 11.7. The minimum atomic E-state index is -6.53. The van der Waals surface area contributed by atoms with E-state index in [1.165, 1.54) is 62.3 Å². The largest absolute Gasteiger partial charge is 0.460 e. The van der Waals surface area contributed by atoms with Crippen LogP contribution in [0, 0.1) is 57.1 Å². The Hall–Kier alpha value is -2.10. The van der Waals surface area contributed by atoms with Crippen LogP contribution in [0.5, 0.6) is 0 Å². The van der Waals surface area contributed by atoms with Crippen molar-refractivity contribution in [3.8, 4) is 0 Å². The van der Waals surface area contributed by atoms with Gasteiger partial charge < -0.3 is 0 Å². The van der Waals surface area contributed by atoms with Gasteiger partial charge in [-0.2, -0.15) is 92.2 Å². The van der Waals surface area contributed by atoms with Gasteiger partial charge in [0.05, 0.1) is 16.2 Å². The summed E-state index contributed by atoms with van der Waals surface area (Å²) in [6.07, 6.45) is -24.0. The van der Waals surface area contributed by atoms with E-state index in [0.717, 1.165) is 0 Å². The number of ketones is 6. The third kappa shape index (κ3) is 15.1. The van der Waals surface area contributed by atoms with Crippen molar-refractivity contribution in [3.05, 3.63) is 0 Å². The maximum absolute atomic E-state index is 13.0. The zero-order chi connectivity index (χ0) is 47.6. The Morgan fingerprint density at radius 1 is 0.276 bits per heavy atom. The molecule has 0 aromatic carbocycles. The van der Waals surface area contributed by atoms with Crippen LogP contribution in [0.4, 0.5) is 92.2 Å². The second-order valence-corrected chi connectivity index (χ2v) is 14.9. The Morgan fingerprint density at radius 3 is 0.483 bits per heavy atom. The van der Waals surface area contributed by atoms with Crippen LogP contribution in [0.1, 0.15) is 81.6 Å². The molecule has 0 atom stereocenters. The minimum absolute atomic E-state index is 0. The SMILES string of the molecule is CC(C)(C)C(=[OH+])CC(=[OH+])C(F)(F)C(F)(F)C(F)(F)F.CC(C)(C)C(=[OH+])CC(=[OH+])C(F)(F)C(F)(F)C(F)(F)F.CC(C)(C)C(=[OH+])CC(=[OH+])C(F)(F)C(F)(F)C(F)(F)F.[Nd]. The van der Waals surface area contributed by atoms with E-state index in [1.54, 1.807) is 0 Å². The van der Waals surface area contributed by atoms with Crippen molar-refractivity contribution in [1.82, 2.24) is 0 Å². The van der Waals surface area contributed by atoms with E-state index < -0.39 is 124 Å². The van der Waals surface area contributed by atoms with Crippen molar-refractivity contribution in [2.45, 2.75) is 136 Å². The predicted octanol–water partition coefficient (Wildman–Crippen LogP) is 10.0. The maximum atomic E-state index is 13.0. The van der Waals surface area contributed by atoms with Gasteiger partial charge in [0.25, 0.3) is 0 Å². The van der Waals surface area contributed by atoms with E-state index in [2.05, 4.69) is 0 Å². The van der Waals surface area contributed by atoms with Crippen LogP contribution >= 0.6 is 0 Å². The van der Waals surface area contributed by atoms with Crippen LogP contribution in [0.25, 0.3) is 0 Å². The summed E-state index contributed by atoms with van der Waals surface area (Å²) in [5, 5.41) is 0. The van der Waals surface area contributed by atoms with Crippen molar-refractivity contribution >= 4 is 34.7 Å². The van der Waals surface area contributed by atoms with Gasteiger partial charge in [0.1, 0.15) is 0 Å². The van der Waals surface area contributed by atoms with Crippen molar-refractivity contribution in [2.75, 3.05) is 0 Å². The number of carbonyl (C=O) groups excluding carboxylic acids is 6. The number of alkyl halides is 21. The van der Waals surface area contributed by atoms with E-state index in [1.807, 2.05) is 0 Å². The molecule has 28 heteroatoms. The Labute approximate surface area is 347 Å². The molecule has 6 nitrogen and oxygen atoms in total. The summed E-state index contributed by atoms with van der Waals surface area (Å²) in [5.41, 5.74) is -3.47. The Bertz CT molecular complexity index is 1310. The first-order chi connectivity index (χ1) is 24.1. The molecule has 0 aliphatic carbocycles. The summed E-state index contributed by atoms with van der Waals surface area (Å²) in [7, 11) is 0. The maximum Gasteiger partial charge on any atom is 0.460 e. The van der Waals surface area contributed by atoms with Crippen molar-refractivity contribution in [3.63, 3.8) is 0 Å². The molecular weight excluding hydrogens is 1000 g/mol. The number of rotatable bonds is 12. The van der Waals surface area contributed by atoms with E-state index in [0.29, 0.717) is 0 Å². The second kappa shape index (κ2) is 19.3. The molecule has 0 aliphatic rings. The summed E-state index contributed by atoms with van der Waals surface area (Å²) >= 11 is 0. The summed E-state index contributed by atoms with van der Waals surface area (Å²) in [6, 6.07) is 0. The fourth-order valence-corrected chi connectivity index (χ4v) is 2.68. The first-order valence-electron chi connectivity index (χ1n) is 14.9. The molecule has 0 bridgehead atoms. The van der Waals surface area contributed by atoms with Gasteiger partial charge in [-0.1, -0.05) is 0 Å². The molecule has 0 saturated carbocycles. The molecule has 58 heavy (non-hydrogen) atoms. The average molecular weight is 1040 g/mol. The van der Waals surface area contributed by atoms with Gasteiger partial charge in [0, 0.05) is 40.8 Å². The molecule has 6 N–H and O–H groups in total. The zero-order valence-corrected chi connectivity index (χ0v) is 34.4. The fourth-order valence-electron chi connectivity index (χ4n) is 2.68. The van der Waals surface area contributed by atoms with Crippen LogP contribution < -0.4 is 0 Å². The predicted molar refractivity (Wildman–Crippen MR) is 162 cm³/mol. The molecule has 0 fully saturated rings. The zero-order valence-electron chi connectivity index (χ0n) is 31.2. The van der Waals surface area contributed by atoms with E-state index >= 15 is 0 Å². The van der Waals surface area contributed by atoms with Gasteiger partial charge in [-0.3, -0.25) is 28.8 Å². The van der Waals surface area contributed by atoms with E-state index in [-0.39, 0.29) is 40.8 Å². The van der Waals surface area contributed by atoms with E-state index in [4.69, 9.17) is 14.4 Å². The Kier molecular flexibility index (Phi) is 20.8. The monoisotopic (exact) mass is 1040 g/mol. The smallest absolute Gasteiger partial charge is 0.282 e. The first kappa shape index (κ1) is 62.5. The molecule has 0 aromatic heterocycles. The molecule has 0 saturated heterocycles. The Balaban J connectivity index is -0.000000374. The molecule has 340 valence electrons. The summed E-state index contributed by atoms with van der Waals surface area (Å²) in [5.74, 6) is -46.6. The third-order valence-electron chi connectivity index (χ3n) is 6.94. The number of hydrogen-bond acceptors (Lipinski definition) is 0. The van der Waals surface area contributed by atoms with Gasteiger partial charge in [-0.05, 0) is 62.3 Å². The van der Waals surface area contributed by atoms with Gasteiger partial charge in [-0.15, -0.1) is 0 Å². The first-order valence-corrected chi connectivity index (χ1v) is 14.9. The van der Waals surface area contributed by atoms with Gasteiger partial charge in [0.2, 0.25) is 0 Å². The van der Waals surface area contributed by atoms with Crippen LogP contribution in [0.3, 0.4) is 0 Å². The molecule has 0 amide bonds. The summed E-state index contributed by atoms with van der Waals surface area (Å²) in [4.78, 5) is 54.2. The minimum Gasteiger partial charge on any atom is -0.282 e. The normalized spacial score (nSPS) is 14.2. The molecule has 0 radical (unpaired) electrons. The molecule has 0 spiro atoms. The molecule has 0 rings (SSSR count). The van der Waals surface area contributed by atoms with Crippen molar-refractivity contribution < 1.29 is 162 Å². The topological polar surface area (TPSA) is 128 Å². The Morgan fingerprint density at radius 2 is 0.397 bits per heavy atom. The molecule has 0 aliphatic heterocycles. The van der Waals surface area contributed by atoms with Gasteiger partial charge in [0.15, 0.2) is 19.3 Å². The van der Waals surface area contributed by atoms with Crippen molar-refractivity contribution in [2.24, 2.45) is 16.2 Å². The molecule has 0 aromatic rings. The average Bonchev–Trinajstić information content (AvgIpc) is 2.93. The third-order valence-corrected chi connectivity index (χ3v) is 6.94. The number of hydrogen-bond donors (Lipinski definition) is 0. The van der Waals surface area contributed by atoms with Gasteiger partial charge in [-0.25, -0.2) is 0 Å². The standard InChI is InChI=1S/3C10H11F7O2.Nd/c3*1-7(2,3)5(18)4-6(19)8(11,12)9(13,14)10(15,16)17;/h3*4H2,1-3H3;/p+6. The quantitative estimate of drug-likeness (QED) is 0.105. The number of halogens is 21. The van der Waals surface area contributed by atoms with Crippen LogP contribution in [-0.2, 0) is 0 Å². The van der Waals surface area contributed by atoms with Crippen LogP contribution in [0.15, 0.2) is 0 Å². The second-order valence-electron chi connectivity index (χ2n) is 14.9. The summed E-state index contributed by atoms with van der Waals surface area (Å²) < 4.78 is 260. The molecule has 0 heterocycles. The van der Waals surface area contributed by atoms with Gasteiger partial charge >= 0.3 is 88.8 Å². The molecule has 0 unspecified atom stereocenters. The van der Waals surface area contributed by atoms with E-state index in [9.17, 15) is 107 Å². The fraction of sp³-hybridized carbons (Fsp3) is 0.800. The van der Waals surface area contributed by atoms with Crippen LogP contribution in [0.2, 0.25) is 0 Å². The van der Waals surface area contributed by atoms with Crippen molar-refractivity contribution in [1.29, 1.82) is 0 Å².